The van der Waals surface area contributed by atoms with Gasteiger partial charge in [-0.3, -0.25) is 4.98 Å². The smallest absolute Gasteiger partial charge is 0.176 e. The van der Waals surface area contributed by atoms with Crippen LogP contribution in [0.3, 0.4) is 0 Å². The second-order valence-corrected chi connectivity index (χ2v) is 16.4. The summed E-state index contributed by atoms with van der Waals surface area (Å²) in [6.07, 6.45) is 1.30. The molecule has 0 N–H and O–H groups in total. The summed E-state index contributed by atoms with van der Waals surface area (Å²) in [5.41, 5.74) is 13.8. The first-order valence-electron chi connectivity index (χ1n) is 24.2. The maximum Gasteiger partial charge on any atom is 0.176 e. The third kappa shape index (κ3) is 7.89. The van der Waals surface area contributed by atoms with Gasteiger partial charge in [-0.15, -0.1) is 53.6 Å². The molecule has 0 saturated carbocycles. The molecule has 0 aliphatic carbocycles. The molecule has 0 aliphatic rings. The molecule has 0 fully saturated rings. The van der Waals surface area contributed by atoms with Gasteiger partial charge in [0.1, 0.15) is 5.76 Å². The number of pyridine rings is 1. The number of benzene rings is 7. The Labute approximate surface area is 396 Å². The minimum absolute atomic E-state index is 0. The molecule has 7 aromatic carbocycles. The molecule has 5 nitrogen and oxygen atoms in total. The van der Waals surface area contributed by atoms with Crippen LogP contribution >= 0.6 is 0 Å². The molecule has 317 valence electrons. The Morgan fingerprint density at radius 1 is 0.609 bits per heavy atom. The van der Waals surface area contributed by atoms with E-state index in [0.717, 1.165) is 66.7 Å². The number of fused-ring (bicyclic) bond motifs is 6. The van der Waals surface area contributed by atoms with Gasteiger partial charge in [0.05, 0.1) is 22.4 Å². The predicted molar refractivity (Wildman–Crippen MR) is 259 cm³/mol. The molecule has 0 atom stereocenters. The number of aryl methyl sites for hydroxylation is 2. The zero-order valence-electron chi connectivity index (χ0n) is 41.7. The Morgan fingerprint density at radius 2 is 1.30 bits per heavy atom. The first kappa shape index (κ1) is 35.6. The van der Waals surface area contributed by atoms with Crippen molar-refractivity contribution in [1.82, 2.24) is 14.5 Å². The summed E-state index contributed by atoms with van der Waals surface area (Å²) < 4.78 is 59.3. The molecule has 64 heavy (non-hydrogen) atoms. The summed E-state index contributed by atoms with van der Waals surface area (Å²) in [5.74, 6) is 2.16. The van der Waals surface area contributed by atoms with E-state index in [1.54, 1.807) is 12.1 Å². The molecule has 0 amide bonds. The van der Waals surface area contributed by atoms with Crippen molar-refractivity contribution in [3.8, 4) is 50.8 Å². The molecular weight excluding hydrogens is 963 g/mol. The van der Waals surface area contributed by atoms with Gasteiger partial charge in [0.2, 0.25) is 0 Å². The van der Waals surface area contributed by atoms with Crippen LogP contribution in [-0.2, 0) is 20.1 Å². The van der Waals surface area contributed by atoms with Crippen LogP contribution in [-0.4, -0.2) is 14.5 Å². The van der Waals surface area contributed by atoms with Crippen molar-refractivity contribution in [3.05, 3.63) is 198 Å². The molecule has 11 rings (SSSR count). The van der Waals surface area contributed by atoms with Crippen LogP contribution in [0, 0.1) is 25.8 Å². The Balaban J connectivity index is 0.000000244. The molecule has 0 bridgehead atoms. The van der Waals surface area contributed by atoms with Crippen LogP contribution in [0.1, 0.15) is 70.0 Å². The van der Waals surface area contributed by atoms with Gasteiger partial charge >= 0.3 is 0 Å². The maximum absolute atomic E-state index is 7.28. The van der Waals surface area contributed by atoms with Gasteiger partial charge in [-0.2, -0.15) is 0 Å². The molecule has 0 unspecified atom stereocenters. The van der Waals surface area contributed by atoms with E-state index in [1.807, 2.05) is 24.3 Å². The predicted octanol–water partition coefficient (Wildman–Crippen LogP) is 15.9. The molecule has 6 heteroatoms. The summed E-state index contributed by atoms with van der Waals surface area (Å²) in [5, 5.41) is 3.02. The Bertz CT molecular complexity index is 3550. The normalized spacial score (nSPS) is 13.2. The van der Waals surface area contributed by atoms with Crippen LogP contribution in [0.5, 0.6) is 0 Å². The summed E-state index contributed by atoms with van der Waals surface area (Å²) in [4.78, 5) is 9.39. The Hall–Kier alpha value is -6.85. The maximum atomic E-state index is 7.28. The van der Waals surface area contributed by atoms with E-state index < -0.39 is 13.7 Å². The van der Waals surface area contributed by atoms with Crippen molar-refractivity contribution in [2.75, 3.05) is 0 Å². The summed E-state index contributed by atoms with van der Waals surface area (Å²) >= 11 is 0. The quantitative estimate of drug-likeness (QED) is 0.149. The van der Waals surface area contributed by atoms with Crippen molar-refractivity contribution in [3.63, 3.8) is 0 Å². The number of nitrogens with zero attached hydrogens (tertiary/aromatic N) is 3. The fourth-order valence-corrected chi connectivity index (χ4v) is 8.38. The molecule has 4 heterocycles. The number of furan rings is 2. The fraction of sp³-hybridized carbons (Fsp3) is 0.138. The van der Waals surface area contributed by atoms with E-state index >= 15 is 0 Å². The zero-order chi connectivity index (χ0) is 48.2. The number of rotatable bonds is 7. The molecule has 1 radical (unpaired) electrons. The minimum atomic E-state index is -2.18. The van der Waals surface area contributed by atoms with Gasteiger partial charge in [0.15, 0.2) is 11.2 Å². The summed E-state index contributed by atoms with van der Waals surface area (Å²) in [7, 11) is 0. The van der Waals surface area contributed by atoms with Crippen molar-refractivity contribution in [2.45, 2.75) is 53.2 Å². The van der Waals surface area contributed by atoms with Crippen LogP contribution in [0.2, 0.25) is 0 Å². The van der Waals surface area contributed by atoms with Crippen LogP contribution < -0.4 is 0 Å². The Morgan fingerprint density at radius 3 is 1.97 bits per heavy atom. The third-order valence-corrected chi connectivity index (χ3v) is 11.5. The summed E-state index contributed by atoms with van der Waals surface area (Å²) in [6.45, 7) is 4.78. The number of hydrogen-bond donors (Lipinski definition) is 0. The molecular formula is C58H47IrN3O2-2. The second kappa shape index (κ2) is 17.7. The number of aromatic nitrogens is 3. The molecule has 0 saturated heterocycles. The van der Waals surface area contributed by atoms with Crippen molar-refractivity contribution in [1.29, 1.82) is 0 Å². The first-order valence-corrected chi connectivity index (χ1v) is 21.2. The van der Waals surface area contributed by atoms with Crippen molar-refractivity contribution in [2.24, 2.45) is 0 Å². The summed E-state index contributed by atoms with van der Waals surface area (Å²) in [6, 6.07) is 58.4. The number of para-hydroxylation sites is 2. The average Bonchev–Trinajstić information content (AvgIpc) is 4.08. The Kier molecular flexibility index (Phi) is 9.86. The van der Waals surface area contributed by atoms with Crippen molar-refractivity contribution >= 4 is 43.9 Å². The van der Waals surface area contributed by atoms with Gasteiger partial charge in [-0.1, -0.05) is 143 Å². The van der Waals surface area contributed by atoms with Gasteiger partial charge in [0.25, 0.3) is 0 Å². The SMILES string of the molecule is CC(C)c1cc(-c2ccccc2)cc(C(C)C)c1-n1c(-c2[c-]ccc3c2oc2c3ccc3cc(-c4ccccc4)oc32)nc2ccccc21.[2H]C([2H])([2H])c1c[c-]c(-c2ccc(C([2H])([2H])[2H])cn2)cc1.[Ir]. The standard InChI is InChI=1S/C45H35N2O2.C13H12N.Ir/c1-27(2)36-24-32(29-14-7-5-8-15-29)25-37(28(3)4)41(36)47-39-21-12-11-20-38(39)46-45(47)35-19-13-18-33-34-23-22-31-26-40(30-16-9-6-10-17-30)48-42(31)44(34)49-43(33)35;1-10-3-6-12(7-4-10)13-8-5-11(2)9-14-13;/h5-18,20-28H,1-4H3;3-6,8-9H,1-2H3;/q2*-1;/i;1D3,2D3;. The monoisotopic (exact) mass is 1020 g/mol. The number of hydrogen-bond acceptors (Lipinski definition) is 4. The van der Waals surface area contributed by atoms with E-state index in [1.165, 1.54) is 52.3 Å². The topological polar surface area (TPSA) is 57.0 Å². The average molecular weight is 1020 g/mol. The van der Waals surface area contributed by atoms with Crippen LogP contribution in [0.4, 0.5) is 0 Å². The van der Waals surface area contributed by atoms with E-state index in [9.17, 15) is 0 Å². The molecule has 0 aliphatic heterocycles. The van der Waals surface area contributed by atoms with Gasteiger partial charge in [-0.05, 0) is 82.5 Å². The molecule has 4 aromatic heterocycles. The third-order valence-electron chi connectivity index (χ3n) is 11.5. The van der Waals surface area contributed by atoms with Gasteiger partial charge < -0.3 is 18.4 Å². The van der Waals surface area contributed by atoms with E-state index in [2.05, 4.69) is 153 Å². The fourth-order valence-electron chi connectivity index (χ4n) is 8.38. The second-order valence-electron chi connectivity index (χ2n) is 16.4. The van der Waals surface area contributed by atoms with Gasteiger partial charge in [0, 0.05) is 56.6 Å². The van der Waals surface area contributed by atoms with E-state index in [0.29, 0.717) is 11.3 Å². The van der Waals surface area contributed by atoms with E-state index in [-0.39, 0.29) is 43.1 Å². The van der Waals surface area contributed by atoms with Crippen LogP contribution in [0.25, 0.3) is 94.7 Å². The molecule has 11 aromatic rings. The minimum Gasteiger partial charge on any atom is -0.497 e. The molecule has 0 spiro atoms. The van der Waals surface area contributed by atoms with Crippen LogP contribution in [0.15, 0.2) is 173 Å². The number of imidazole rings is 1. The van der Waals surface area contributed by atoms with Gasteiger partial charge in [-0.25, -0.2) is 0 Å². The zero-order valence-corrected chi connectivity index (χ0v) is 38.1. The largest absolute Gasteiger partial charge is 0.497 e. The first-order chi connectivity index (χ1) is 33.1. The van der Waals surface area contributed by atoms with E-state index in [4.69, 9.17) is 22.0 Å². The van der Waals surface area contributed by atoms with Crippen molar-refractivity contribution < 1.29 is 37.2 Å².